The van der Waals surface area contributed by atoms with Crippen LogP contribution >= 0.6 is 0 Å². The molecule has 3 aliphatic rings. The van der Waals surface area contributed by atoms with E-state index in [2.05, 4.69) is 49.5 Å². The molecule has 1 aliphatic heterocycles. The van der Waals surface area contributed by atoms with Crippen LogP contribution in [0.3, 0.4) is 0 Å². The lowest BCUT2D eigenvalue weighted by Gasteiger charge is -2.27. The maximum absolute atomic E-state index is 13.9. The number of para-hydroxylation sites is 1. The van der Waals surface area contributed by atoms with Gasteiger partial charge in [-0.2, -0.15) is 5.10 Å². The number of pyridine rings is 1. The largest absolute Gasteiger partial charge is 0.494 e. The SMILES string of the molecule is COc1cc(C(=O)N2CC3CCC2[C@@H]3N)cc2nc(-c3cc4ccccc4n3CC3CC3)n(Cc3cnn(-c4ccc(=O)[nH]c4)c3)c12. The fourth-order valence-electron chi connectivity index (χ4n) is 7.77. The van der Waals surface area contributed by atoms with Gasteiger partial charge in [-0.1, -0.05) is 18.2 Å². The van der Waals surface area contributed by atoms with Gasteiger partial charge in [-0.05, 0) is 67.9 Å². The Bertz CT molecular complexity index is 2220. The molecule has 2 aromatic carbocycles. The zero-order valence-corrected chi connectivity index (χ0v) is 26.2. The smallest absolute Gasteiger partial charge is 0.254 e. The van der Waals surface area contributed by atoms with E-state index < -0.39 is 0 Å². The molecule has 238 valence electrons. The van der Waals surface area contributed by atoms with Crippen molar-refractivity contribution in [1.29, 1.82) is 0 Å². The summed E-state index contributed by atoms with van der Waals surface area (Å²) in [5, 5.41) is 5.75. The zero-order chi connectivity index (χ0) is 31.8. The lowest BCUT2D eigenvalue weighted by atomic mass is 10.1. The Morgan fingerprint density at radius 1 is 1.06 bits per heavy atom. The molecule has 0 spiro atoms. The summed E-state index contributed by atoms with van der Waals surface area (Å²) in [6, 6.07) is 17.8. The molecule has 9 rings (SSSR count). The molecule has 4 aromatic heterocycles. The highest BCUT2D eigenvalue weighted by Gasteiger charge is 2.47. The topological polar surface area (TPSA) is 129 Å². The van der Waals surface area contributed by atoms with Crippen LogP contribution in [0, 0.1) is 11.8 Å². The van der Waals surface area contributed by atoms with Gasteiger partial charge in [-0.3, -0.25) is 9.59 Å². The van der Waals surface area contributed by atoms with Crippen molar-refractivity contribution in [3.63, 3.8) is 0 Å². The van der Waals surface area contributed by atoms with Gasteiger partial charge in [0.1, 0.15) is 11.3 Å². The van der Waals surface area contributed by atoms with Crippen LogP contribution in [0.15, 0.2) is 78.0 Å². The van der Waals surface area contributed by atoms with Crippen molar-refractivity contribution in [3.8, 4) is 23.0 Å². The first kappa shape index (κ1) is 28.1. The molecular formula is C36H36N8O3. The van der Waals surface area contributed by atoms with E-state index in [-0.39, 0.29) is 23.6 Å². The van der Waals surface area contributed by atoms with Crippen LogP contribution in [0.5, 0.6) is 5.75 Å². The number of imidazole rings is 1. The predicted octanol–water partition coefficient (Wildman–Crippen LogP) is 4.56. The summed E-state index contributed by atoms with van der Waals surface area (Å²) in [6.07, 6.45) is 9.93. The van der Waals surface area contributed by atoms with Crippen molar-refractivity contribution in [2.45, 2.75) is 50.9 Å². The van der Waals surface area contributed by atoms with Crippen molar-refractivity contribution in [2.75, 3.05) is 13.7 Å². The number of piperidine rings is 1. The van der Waals surface area contributed by atoms with E-state index in [0.29, 0.717) is 41.8 Å². The van der Waals surface area contributed by atoms with Crippen molar-refractivity contribution in [1.82, 2.24) is 33.8 Å². The number of nitrogens with one attached hydrogen (secondary N) is 1. The molecule has 2 unspecified atom stereocenters. The van der Waals surface area contributed by atoms with Crippen molar-refractivity contribution >= 4 is 27.8 Å². The molecule has 2 bridgehead atoms. The molecule has 3 fully saturated rings. The summed E-state index contributed by atoms with van der Waals surface area (Å²) in [7, 11) is 1.64. The van der Waals surface area contributed by atoms with E-state index in [4.69, 9.17) is 15.5 Å². The number of carbonyl (C=O) groups is 1. The summed E-state index contributed by atoms with van der Waals surface area (Å²) in [6.45, 7) is 2.09. The third-order valence-corrected chi connectivity index (χ3v) is 10.4. The molecule has 1 amide bonds. The van der Waals surface area contributed by atoms with Crippen LogP contribution in [0.2, 0.25) is 0 Å². The molecule has 11 nitrogen and oxygen atoms in total. The predicted molar refractivity (Wildman–Crippen MR) is 179 cm³/mol. The molecule has 2 aliphatic carbocycles. The molecule has 11 heteroatoms. The van der Waals surface area contributed by atoms with Crippen LogP contribution in [0.4, 0.5) is 0 Å². The summed E-state index contributed by atoms with van der Waals surface area (Å²) in [5.74, 6) is 2.40. The monoisotopic (exact) mass is 628 g/mol. The first-order valence-electron chi connectivity index (χ1n) is 16.4. The quantitative estimate of drug-likeness (QED) is 0.254. The number of hydrogen-bond acceptors (Lipinski definition) is 6. The second kappa shape index (κ2) is 10.7. The van der Waals surface area contributed by atoms with Crippen LogP contribution in [-0.4, -0.2) is 65.4 Å². The number of fused-ring (bicyclic) bond motifs is 4. The number of aromatic nitrogens is 6. The molecule has 3 N–H and O–H groups in total. The molecule has 1 saturated heterocycles. The number of H-pyrrole nitrogens is 1. The van der Waals surface area contributed by atoms with E-state index in [1.165, 1.54) is 24.4 Å². The zero-order valence-electron chi connectivity index (χ0n) is 26.2. The third kappa shape index (κ3) is 4.67. The summed E-state index contributed by atoms with van der Waals surface area (Å²) in [5.41, 5.74) is 12.3. The Labute approximate surface area is 270 Å². The standard InChI is InChI=1S/C36H36N8O3/c1-47-31-14-25(36(46)42-20-24-8-10-29(42)33(24)37)12-27-34(31)43(18-22-15-39-44(19-22)26-9-11-32(45)38-16-26)35(40-27)30-13-23-4-2-3-5-28(23)41(30)17-21-6-7-21/h2-5,9,11-16,19,21,24,29,33H,6-8,10,17-18,20,37H2,1H3,(H,38,45)/t24?,29?,33-/m1/s1. The van der Waals surface area contributed by atoms with Gasteiger partial charge in [0.15, 0.2) is 5.82 Å². The van der Waals surface area contributed by atoms with Gasteiger partial charge < -0.3 is 29.5 Å². The number of hydrogen-bond donors (Lipinski definition) is 2. The average Bonchev–Trinajstić information content (AvgIpc) is 3.39. The number of likely N-dealkylation sites (tertiary alicyclic amines) is 1. The van der Waals surface area contributed by atoms with E-state index in [1.54, 1.807) is 24.1 Å². The van der Waals surface area contributed by atoms with Gasteiger partial charge in [0, 0.05) is 65.7 Å². The fourth-order valence-corrected chi connectivity index (χ4v) is 7.77. The number of nitrogens with two attached hydrogens (primary N) is 1. The number of rotatable bonds is 8. The number of amides is 1. The van der Waals surface area contributed by atoms with Gasteiger partial charge in [-0.15, -0.1) is 0 Å². The van der Waals surface area contributed by atoms with Gasteiger partial charge in [0.2, 0.25) is 5.56 Å². The second-order valence-electron chi connectivity index (χ2n) is 13.4. The fraction of sp³-hybridized carbons (Fsp3) is 0.333. The lowest BCUT2D eigenvalue weighted by Crippen LogP contribution is -2.41. The molecule has 47 heavy (non-hydrogen) atoms. The van der Waals surface area contributed by atoms with Gasteiger partial charge >= 0.3 is 0 Å². The highest BCUT2D eigenvalue weighted by molar-refractivity contribution is 6.00. The number of ether oxygens (including phenoxy) is 1. The molecule has 3 atom stereocenters. The first-order valence-corrected chi connectivity index (χ1v) is 16.4. The van der Waals surface area contributed by atoms with Gasteiger partial charge in [0.25, 0.3) is 5.91 Å². The Hall–Kier alpha value is -5.16. The van der Waals surface area contributed by atoms with Crippen molar-refractivity contribution in [2.24, 2.45) is 17.6 Å². The van der Waals surface area contributed by atoms with Crippen LogP contribution < -0.4 is 16.0 Å². The molecule has 2 saturated carbocycles. The normalized spacial score (nSPS) is 20.6. The van der Waals surface area contributed by atoms with Gasteiger partial charge in [0.05, 0.1) is 36.7 Å². The maximum atomic E-state index is 13.9. The Balaban J connectivity index is 1.20. The highest BCUT2D eigenvalue weighted by Crippen LogP contribution is 2.40. The number of benzene rings is 2. The van der Waals surface area contributed by atoms with Crippen LogP contribution in [0.1, 0.15) is 41.6 Å². The second-order valence-corrected chi connectivity index (χ2v) is 13.4. The minimum Gasteiger partial charge on any atom is -0.494 e. The Morgan fingerprint density at radius 2 is 1.94 bits per heavy atom. The number of nitrogens with zero attached hydrogens (tertiary/aromatic N) is 6. The molecular weight excluding hydrogens is 592 g/mol. The highest BCUT2D eigenvalue weighted by atomic mass is 16.5. The van der Waals surface area contributed by atoms with Crippen LogP contribution in [-0.2, 0) is 13.1 Å². The van der Waals surface area contributed by atoms with E-state index in [9.17, 15) is 9.59 Å². The summed E-state index contributed by atoms with van der Waals surface area (Å²) in [4.78, 5) is 35.5. The lowest BCUT2D eigenvalue weighted by molar-refractivity contribution is 0.0700. The van der Waals surface area contributed by atoms with Crippen molar-refractivity contribution < 1.29 is 9.53 Å². The Kier molecular flexibility index (Phi) is 6.39. The molecule has 5 heterocycles. The van der Waals surface area contributed by atoms with Crippen molar-refractivity contribution in [3.05, 3.63) is 94.7 Å². The van der Waals surface area contributed by atoms with Crippen LogP contribution in [0.25, 0.3) is 39.1 Å². The summed E-state index contributed by atoms with van der Waals surface area (Å²) >= 11 is 0. The number of aromatic amines is 1. The van der Waals surface area contributed by atoms with E-state index in [1.807, 2.05) is 29.4 Å². The van der Waals surface area contributed by atoms with Gasteiger partial charge in [-0.25, -0.2) is 9.67 Å². The molecule has 0 radical (unpaired) electrons. The van der Waals surface area contributed by atoms with E-state index >= 15 is 0 Å². The average molecular weight is 629 g/mol. The first-order chi connectivity index (χ1) is 22.9. The third-order valence-electron chi connectivity index (χ3n) is 10.4. The van der Waals surface area contributed by atoms with E-state index in [0.717, 1.165) is 53.1 Å². The summed E-state index contributed by atoms with van der Waals surface area (Å²) < 4.78 is 12.4. The maximum Gasteiger partial charge on any atom is 0.254 e. The minimum absolute atomic E-state index is 0.0195. The Morgan fingerprint density at radius 3 is 2.68 bits per heavy atom. The number of methoxy groups -OCH3 is 1. The number of carbonyl (C=O) groups excluding carboxylic acids is 1. The molecule has 6 aromatic rings. The minimum atomic E-state index is -0.165.